The van der Waals surface area contributed by atoms with Crippen molar-refractivity contribution in [1.29, 1.82) is 5.26 Å². The van der Waals surface area contributed by atoms with Crippen molar-refractivity contribution in [1.82, 2.24) is 0 Å². The number of benzene rings is 4. The first-order valence-electron chi connectivity index (χ1n) is 11.3. The molecule has 5 nitrogen and oxygen atoms in total. The van der Waals surface area contributed by atoms with Gasteiger partial charge in [0.1, 0.15) is 24.0 Å². The molecule has 174 valence electrons. The molecule has 0 saturated carbocycles. The van der Waals surface area contributed by atoms with Crippen LogP contribution in [0.1, 0.15) is 29.5 Å². The van der Waals surface area contributed by atoms with E-state index < -0.39 is 5.92 Å². The van der Waals surface area contributed by atoms with Gasteiger partial charge in [0.25, 0.3) is 0 Å². The Morgan fingerprint density at radius 3 is 2.57 bits per heavy atom. The maximum Gasteiger partial charge on any atom is 0.205 e. The van der Waals surface area contributed by atoms with Gasteiger partial charge in [-0.2, -0.15) is 5.26 Å². The number of nitrogens with zero attached hydrogens (tertiary/aromatic N) is 1. The number of allylic oxidation sites excluding steroid dienone is 1. The fraction of sp³-hybridized carbons (Fsp3) is 0.138. The summed E-state index contributed by atoms with van der Waals surface area (Å²) >= 11 is 6.28. The maximum absolute atomic E-state index is 9.96. The van der Waals surface area contributed by atoms with E-state index in [-0.39, 0.29) is 5.88 Å². The number of nitriles is 1. The molecule has 0 aromatic heterocycles. The molecular formula is C29H23ClN2O3. The van der Waals surface area contributed by atoms with Crippen molar-refractivity contribution in [3.05, 3.63) is 112 Å². The molecule has 1 unspecified atom stereocenters. The molecule has 0 aliphatic carbocycles. The third-order valence-corrected chi connectivity index (χ3v) is 6.42. The summed E-state index contributed by atoms with van der Waals surface area (Å²) in [5.41, 5.74) is 9.22. The van der Waals surface area contributed by atoms with Gasteiger partial charge in [-0.25, -0.2) is 0 Å². The van der Waals surface area contributed by atoms with Gasteiger partial charge in [-0.1, -0.05) is 72.3 Å². The second-order valence-electron chi connectivity index (χ2n) is 8.15. The minimum Gasteiger partial charge on any atom is -0.490 e. The molecular weight excluding hydrogens is 460 g/mol. The number of hydrogen-bond donors (Lipinski definition) is 1. The van der Waals surface area contributed by atoms with E-state index in [2.05, 4.69) is 6.07 Å². The Labute approximate surface area is 208 Å². The average Bonchev–Trinajstić information content (AvgIpc) is 2.88. The molecule has 5 rings (SSSR count). The molecule has 0 spiro atoms. The van der Waals surface area contributed by atoms with E-state index >= 15 is 0 Å². The highest BCUT2D eigenvalue weighted by molar-refractivity contribution is 6.31. The van der Waals surface area contributed by atoms with E-state index in [1.54, 1.807) is 0 Å². The molecule has 0 bridgehead atoms. The zero-order chi connectivity index (χ0) is 24.4. The molecule has 0 fully saturated rings. The minimum absolute atomic E-state index is 0.110. The molecule has 0 radical (unpaired) electrons. The van der Waals surface area contributed by atoms with Crippen molar-refractivity contribution in [2.24, 2.45) is 5.73 Å². The molecule has 6 heteroatoms. The van der Waals surface area contributed by atoms with Crippen molar-refractivity contribution < 1.29 is 14.2 Å². The molecule has 4 aromatic rings. The first-order valence-corrected chi connectivity index (χ1v) is 11.7. The maximum atomic E-state index is 9.96. The fourth-order valence-electron chi connectivity index (χ4n) is 4.39. The quantitative estimate of drug-likeness (QED) is 0.331. The van der Waals surface area contributed by atoms with Crippen molar-refractivity contribution in [2.75, 3.05) is 6.61 Å². The van der Waals surface area contributed by atoms with Crippen molar-refractivity contribution >= 4 is 22.4 Å². The molecule has 0 amide bonds. The molecule has 35 heavy (non-hydrogen) atoms. The summed E-state index contributed by atoms with van der Waals surface area (Å²) in [6.07, 6.45) is 0. The Morgan fingerprint density at radius 2 is 1.77 bits per heavy atom. The van der Waals surface area contributed by atoms with Crippen LogP contribution in [-0.2, 0) is 6.61 Å². The molecule has 1 atom stereocenters. The summed E-state index contributed by atoms with van der Waals surface area (Å²) in [4.78, 5) is 0. The van der Waals surface area contributed by atoms with E-state index in [0.717, 1.165) is 27.5 Å². The highest BCUT2D eigenvalue weighted by Crippen LogP contribution is 2.46. The monoisotopic (exact) mass is 482 g/mol. The third kappa shape index (κ3) is 4.25. The molecule has 1 aliphatic rings. The molecule has 2 N–H and O–H groups in total. The normalized spacial score (nSPS) is 14.7. The Bertz CT molecular complexity index is 1490. The molecule has 0 saturated heterocycles. The van der Waals surface area contributed by atoms with Crippen LogP contribution >= 0.6 is 11.6 Å². The van der Waals surface area contributed by atoms with Crippen LogP contribution < -0.4 is 19.9 Å². The zero-order valence-corrected chi connectivity index (χ0v) is 19.9. The zero-order valence-electron chi connectivity index (χ0n) is 19.1. The Balaban J connectivity index is 1.57. The second-order valence-corrected chi connectivity index (χ2v) is 8.56. The molecule has 1 aliphatic heterocycles. The summed E-state index contributed by atoms with van der Waals surface area (Å²) in [6.45, 7) is 2.68. The van der Waals surface area contributed by atoms with Crippen LogP contribution in [0.25, 0.3) is 10.8 Å². The topological polar surface area (TPSA) is 77.5 Å². The van der Waals surface area contributed by atoms with E-state index in [4.69, 9.17) is 31.5 Å². The average molecular weight is 483 g/mol. The van der Waals surface area contributed by atoms with E-state index in [1.807, 2.05) is 85.8 Å². The number of fused-ring (bicyclic) bond motifs is 3. The van der Waals surface area contributed by atoms with E-state index in [9.17, 15) is 5.26 Å². The van der Waals surface area contributed by atoms with Crippen molar-refractivity contribution in [3.8, 4) is 23.3 Å². The van der Waals surface area contributed by atoms with Gasteiger partial charge in [0.15, 0.2) is 11.5 Å². The highest BCUT2D eigenvalue weighted by atomic mass is 35.5. The van der Waals surface area contributed by atoms with Gasteiger partial charge in [-0.3, -0.25) is 0 Å². The Hall–Kier alpha value is -4.14. The number of hydrogen-bond acceptors (Lipinski definition) is 5. The van der Waals surface area contributed by atoms with Crippen molar-refractivity contribution in [3.63, 3.8) is 0 Å². The van der Waals surface area contributed by atoms with E-state index in [0.29, 0.717) is 41.1 Å². The van der Waals surface area contributed by atoms with Crippen LogP contribution in [-0.4, -0.2) is 6.61 Å². The third-order valence-electron chi connectivity index (χ3n) is 6.05. The van der Waals surface area contributed by atoms with Gasteiger partial charge in [-0.05, 0) is 36.1 Å². The Morgan fingerprint density at radius 1 is 0.971 bits per heavy atom. The largest absolute Gasteiger partial charge is 0.490 e. The van der Waals surface area contributed by atoms with Crippen LogP contribution in [0.5, 0.6) is 17.2 Å². The van der Waals surface area contributed by atoms with Crippen LogP contribution in [0.15, 0.2) is 90.3 Å². The lowest BCUT2D eigenvalue weighted by Crippen LogP contribution is -2.21. The van der Waals surface area contributed by atoms with Gasteiger partial charge in [0, 0.05) is 21.5 Å². The summed E-state index contributed by atoms with van der Waals surface area (Å²) in [5, 5.41) is 12.6. The second kappa shape index (κ2) is 9.61. The lowest BCUT2D eigenvalue weighted by Gasteiger charge is -2.28. The highest BCUT2D eigenvalue weighted by Gasteiger charge is 2.32. The van der Waals surface area contributed by atoms with E-state index in [1.165, 1.54) is 0 Å². The van der Waals surface area contributed by atoms with Crippen LogP contribution in [0, 0.1) is 11.3 Å². The SMILES string of the molecule is CCOc1cc(C2C(C#N)=C(N)Oc3c2ccc2ccccc32)ccc1OCc1ccccc1Cl. The molecule has 4 aromatic carbocycles. The van der Waals surface area contributed by atoms with Gasteiger partial charge in [0.2, 0.25) is 5.88 Å². The lowest BCUT2D eigenvalue weighted by atomic mass is 9.82. The number of ether oxygens (including phenoxy) is 3. The lowest BCUT2D eigenvalue weighted by molar-refractivity contribution is 0.269. The first-order chi connectivity index (χ1) is 17.1. The minimum atomic E-state index is -0.398. The van der Waals surface area contributed by atoms with Gasteiger partial charge >= 0.3 is 0 Å². The number of nitrogens with two attached hydrogens (primary N) is 1. The summed E-state index contributed by atoms with van der Waals surface area (Å²) in [5.74, 6) is 1.56. The fourth-order valence-corrected chi connectivity index (χ4v) is 4.58. The van der Waals surface area contributed by atoms with Crippen molar-refractivity contribution in [2.45, 2.75) is 19.4 Å². The smallest absolute Gasteiger partial charge is 0.205 e. The van der Waals surface area contributed by atoms with Crippen LogP contribution in [0.4, 0.5) is 0 Å². The van der Waals surface area contributed by atoms with Gasteiger partial charge < -0.3 is 19.9 Å². The standard InChI is InChI=1S/C29H23ClN2O3/c1-2-33-26-15-19(12-14-25(26)34-17-20-8-4-6-10-24(20)30)27-22-13-11-18-7-3-5-9-21(18)28(22)35-29(32)23(27)16-31/h3-15,27H,2,17,32H2,1H3. The van der Waals surface area contributed by atoms with Gasteiger partial charge in [-0.15, -0.1) is 0 Å². The first kappa shape index (κ1) is 22.6. The van der Waals surface area contributed by atoms with Gasteiger partial charge in [0.05, 0.1) is 12.5 Å². The molecule has 1 heterocycles. The van der Waals surface area contributed by atoms with Crippen LogP contribution in [0.3, 0.4) is 0 Å². The van der Waals surface area contributed by atoms with Crippen LogP contribution in [0.2, 0.25) is 5.02 Å². The summed E-state index contributed by atoms with van der Waals surface area (Å²) < 4.78 is 18.0. The Kier molecular flexibility index (Phi) is 6.22. The summed E-state index contributed by atoms with van der Waals surface area (Å²) in [6, 6.07) is 27.5. The predicted octanol–water partition coefficient (Wildman–Crippen LogP) is 6.69. The number of halogens is 1. The number of rotatable bonds is 6. The predicted molar refractivity (Wildman–Crippen MR) is 137 cm³/mol. The summed E-state index contributed by atoms with van der Waals surface area (Å²) in [7, 11) is 0.